The summed E-state index contributed by atoms with van der Waals surface area (Å²) in [7, 11) is 0. The van der Waals surface area contributed by atoms with Gasteiger partial charge in [0.2, 0.25) is 0 Å². The minimum Gasteiger partial charge on any atom is -0.399 e. The summed E-state index contributed by atoms with van der Waals surface area (Å²) in [6.07, 6.45) is 4.98. The quantitative estimate of drug-likeness (QED) is 0.727. The topological polar surface area (TPSA) is 52.0 Å². The van der Waals surface area contributed by atoms with E-state index in [9.17, 15) is 0 Å². The van der Waals surface area contributed by atoms with Gasteiger partial charge >= 0.3 is 0 Å². The Hall–Kier alpha value is -1.02. The molecule has 0 aromatic heterocycles. The average molecular weight is 204 g/mol. The van der Waals surface area contributed by atoms with Crippen molar-refractivity contribution in [2.24, 2.45) is 5.73 Å². The van der Waals surface area contributed by atoms with Crippen molar-refractivity contribution in [2.45, 2.75) is 44.1 Å². The smallest absolute Gasteiger partial charge is 0.0316 e. The molecule has 0 bridgehead atoms. The van der Waals surface area contributed by atoms with Gasteiger partial charge in [-0.3, -0.25) is 0 Å². The Morgan fingerprint density at radius 1 is 1.27 bits per heavy atom. The second kappa shape index (κ2) is 3.86. The molecule has 82 valence electrons. The number of nitrogens with two attached hydrogens (primary N) is 2. The van der Waals surface area contributed by atoms with E-state index in [0.29, 0.717) is 0 Å². The van der Waals surface area contributed by atoms with Crippen LogP contribution >= 0.6 is 0 Å². The number of anilines is 1. The minimum atomic E-state index is 0.176. The van der Waals surface area contributed by atoms with Crippen molar-refractivity contribution in [3.63, 3.8) is 0 Å². The Morgan fingerprint density at radius 3 is 2.47 bits per heavy atom. The van der Waals surface area contributed by atoms with Crippen molar-refractivity contribution in [1.29, 1.82) is 0 Å². The van der Waals surface area contributed by atoms with Crippen LogP contribution in [-0.2, 0) is 5.41 Å². The SMILES string of the molecule is CC(N)C1(c2cccc(N)c2)CCCC1. The van der Waals surface area contributed by atoms with Crippen LogP contribution in [0.4, 0.5) is 5.69 Å². The van der Waals surface area contributed by atoms with Crippen LogP contribution in [0.5, 0.6) is 0 Å². The van der Waals surface area contributed by atoms with E-state index in [1.54, 1.807) is 0 Å². The molecule has 2 heteroatoms. The molecule has 4 N–H and O–H groups in total. The third kappa shape index (κ3) is 1.74. The second-order valence-electron chi connectivity index (χ2n) is 4.78. The first-order chi connectivity index (χ1) is 7.15. The molecule has 15 heavy (non-hydrogen) atoms. The standard InChI is InChI=1S/C13H20N2/c1-10(14)13(7-2-3-8-13)11-5-4-6-12(15)9-11/h4-6,9-10H,2-3,7-8,14-15H2,1H3. The summed E-state index contributed by atoms with van der Waals surface area (Å²) in [6.45, 7) is 2.12. The summed E-state index contributed by atoms with van der Waals surface area (Å²) in [4.78, 5) is 0. The van der Waals surface area contributed by atoms with Gasteiger partial charge in [0.15, 0.2) is 0 Å². The first-order valence-electron chi connectivity index (χ1n) is 5.77. The second-order valence-corrected chi connectivity index (χ2v) is 4.78. The lowest BCUT2D eigenvalue weighted by atomic mass is 9.73. The largest absolute Gasteiger partial charge is 0.399 e. The van der Waals surface area contributed by atoms with Crippen molar-refractivity contribution in [1.82, 2.24) is 0 Å². The molecule has 1 unspecified atom stereocenters. The van der Waals surface area contributed by atoms with Crippen LogP contribution in [0.25, 0.3) is 0 Å². The molecular weight excluding hydrogens is 184 g/mol. The zero-order valence-corrected chi connectivity index (χ0v) is 9.37. The lowest BCUT2D eigenvalue weighted by Crippen LogP contribution is -2.41. The Bertz CT molecular complexity index is 338. The third-order valence-electron chi connectivity index (χ3n) is 3.83. The zero-order chi connectivity index (χ0) is 10.9. The van der Waals surface area contributed by atoms with Crippen LogP contribution in [-0.4, -0.2) is 6.04 Å². The van der Waals surface area contributed by atoms with Crippen molar-refractivity contribution in [3.8, 4) is 0 Å². The predicted octanol–water partition coefficient (Wildman–Crippen LogP) is 2.43. The summed E-state index contributed by atoms with van der Waals surface area (Å²) in [5.74, 6) is 0. The van der Waals surface area contributed by atoms with Gasteiger partial charge < -0.3 is 11.5 Å². The Kier molecular flexibility index (Phi) is 2.70. The first-order valence-corrected chi connectivity index (χ1v) is 5.77. The van der Waals surface area contributed by atoms with Gasteiger partial charge in [-0.2, -0.15) is 0 Å². The fourth-order valence-electron chi connectivity index (χ4n) is 2.86. The van der Waals surface area contributed by atoms with Gasteiger partial charge in [-0.25, -0.2) is 0 Å². The van der Waals surface area contributed by atoms with Crippen molar-refractivity contribution in [2.75, 3.05) is 5.73 Å². The lowest BCUT2D eigenvalue weighted by molar-refractivity contribution is 0.369. The summed E-state index contributed by atoms with van der Waals surface area (Å²) >= 11 is 0. The highest BCUT2D eigenvalue weighted by Gasteiger charge is 2.38. The van der Waals surface area contributed by atoms with Gasteiger partial charge in [0.05, 0.1) is 0 Å². The van der Waals surface area contributed by atoms with E-state index >= 15 is 0 Å². The predicted molar refractivity (Wildman–Crippen MR) is 64.6 cm³/mol. The maximum atomic E-state index is 6.17. The first kappa shape index (κ1) is 10.5. The van der Waals surface area contributed by atoms with E-state index in [1.165, 1.54) is 31.2 Å². The van der Waals surface area contributed by atoms with E-state index in [1.807, 2.05) is 12.1 Å². The highest BCUT2D eigenvalue weighted by atomic mass is 14.7. The minimum absolute atomic E-state index is 0.176. The molecule has 0 radical (unpaired) electrons. The molecule has 0 saturated heterocycles. The molecule has 1 aliphatic carbocycles. The molecule has 0 aliphatic heterocycles. The van der Waals surface area contributed by atoms with Crippen molar-refractivity contribution in [3.05, 3.63) is 29.8 Å². The fourth-order valence-corrected chi connectivity index (χ4v) is 2.86. The molecule has 0 heterocycles. The van der Waals surface area contributed by atoms with Crippen LogP contribution < -0.4 is 11.5 Å². The Labute approximate surface area is 91.7 Å². The average Bonchev–Trinajstić information content (AvgIpc) is 2.67. The van der Waals surface area contributed by atoms with Crippen LogP contribution in [0.1, 0.15) is 38.2 Å². The van der Waals surface area contributed by atoms with E-state index in [4.69, 9.17) is 11.5 Å². The summed E-state index contributed by atoms with van der Waals surface area (Å²) < 4.78 is 0. The number of hydrogen-bond donors (Lipinski definition) is 2. The molecule has 2 nitrogen and oxygen atoms in total. The number of nitrogen functional groups attached to an aromatic ring is 1. The molecule has 0 spiro atoms. The highest BCUT2D eigenvalue weighted by Crippen LogP contribution is 2.43. The maximum Gasteiger partial charge on any atom is 0.0316 e. The highest BCUT2D eigenvalue weighted by molar-refractivity contribution is 5.44. The van der Waals surface area contributed by atoms with Crippen molar-refractivity contribution >= 4 is 5.69 Å². The van der Waals surface area contributed by atoms with Gasteiger partial charge in [0.1, 0.15) is 0 Å². The van der Waals surface area contributed by atoms with Crippen LogP contribution in [0.2, 0.25) is 0 Å². The number of benzene rings is 1. The molecular formula is C13H20N2. The van der Waals surface area contributed by atoms with Gasteiger partial charge in [-0.15, -0.1) is 0 Å². The van der Waals surface area contributed by atoms with Crippen LogP contribution in [0.3, 0.4) is 0 Å². The lowest BCUT2D eigenvalue weighted by Gasteiger charge is -2.34. The van der Waals surface area contributed by atoms with Crippen LogP contribution in [0.15, 0.2) is 24.3 Å². The Balaban J connectivity index is 2.41. The summed E-state index contributed by atoms with van der Waals surface area (Å²) in [5, 5.41) is 0. The fraction of sp³-hybridized carbons (Fsp3) is 0.538. The molecule has 1 fully saturated rings. The van der Waals surface area contributed by atoms with E-state index < -0.39 is 0 Å². The molecule has 1 saturated carbocycles. The summed E-state index contributed by atoms with van der Waals surface area (Å²) in [5.41, 5.74) is 14.4. The molecule has 1 aliphatic rings. The monoisotopic (exact) mass is 204 g/mol. The van der Waals surface area contributed by atoms with Crippen LogP contribution in [0, 0.1) is 0 Å². The van der Waals surface area contributed by atoms with Gasteiger partial charge in [0.25, 0.3) is 0 Å². The maximum absolute atomic E-state index is 6.17. The number of hydrogen-bond acceptors (Lipinski definition) is 2. The van der Waals surface area contributed by atoms with Crippen molar-refractivity contribution < 1.29 is 0 Å². The number of rotatable bonds is 2. The third-order valence-corrected chi connectivity index (χ3v) is 3.83. The molecule has 0 amide bonds. The van der Waals surface area contributed by atoms with E-state index in [-0.39, 0.29) is 11.5 Å². The molecule has 1 atom stereocenters. The zero-order valence-electron chi connectivity index (χ0n) is 9.37. The molecule has 1 aromatic carbocycles. The van der Waals surface area contributed by atoms with E-state index in [2.05, 4.69) is 19.1 Å². The van der Waals surface area contributed by atoms with Gasteiger partial charge in [-0.1, -0.05) is 25.0 Å². The normalized spacial score (nSPS) is 21.5. The van der Waals surface area contributed by atoms with Gasteiger partial charge in [0, 0.05) is 17.1 Å². The molecule has 1 aromatic rings. The molecule has 2 rings (SSSR count). The van der Waals surface area contributed by atoms with E-state index in [0.717, 1.165) is 5.69 Å². The Morgan fingerprint density at radius 2 is 1.93 bits per heavy atom. The summed E-state index contributed by atoms with van der Waals surface area (Å²) in [6, 6.07) is 8.45. The van der Waals surface area contributed by atoms with Gasteiger partial charge in [-0.05, 0) is 37.5 Å².